The summed E-state index contributed by atoms with van der Waals surface area (Å²) < 4.78 is 14.0. The zero-order valence-corrected chi connectivity index (χ0v) is 14.4. The molecule has 0 saturated heterocycles. The van der Waals surface area contributed by atoms with Crippen LogP contribution in [0.15, 0.2) is 36.4 Å². The number of fused-ring (bicyclic) bond motifs is 2. The number of nitro benzene ring substituents is 1. The van der Waals surface area contributed by atoms with Gasteiger partial charge in [-0.2, -0.15) is 4.39 Å². The zero-order chi connectivity index (χ0) is 17.6. The molecule has 1 spiro atoms. The summed E-state index contributed by atoms with van der Waals surface area (Å²) in [5, 5.41) is 14.1. The van der Waals surface area contributed by atoms with Crippen LogP contribution >= 0.6 is 12.2 Å². The van der Waals surface area contributed by atoms with E-state index in [1.165, 1.54) is 24.1 Å². The van der Waals surface area contributed by atoms with Crippen LogP contribution in [0.1, 0.15) is 37.7 Å². The predicted octanol–water partition coefficient (Wildman–Crippen LogP) is 5.36. The Morgan fingerprint density at radius 2 is 1.76 bits per heavy atom. The molecule has 25 heavy (non-hydrogen) atoms. The van der Waals surface area contributed by atoms with E-state index < -0.39 is 16.4 Å². The molecule has 0 atom stereocenters. The van der Waals surface area contributed by atoms with Crippen molar-refractivity contribution in [1.29, 1.82) is 0 Å². The molecule has 1 saturated carbocycles. The van der Waals surface area contributed by atoms with Gasteiger partial charge in [0.1, 0.15) is 0 Å². The molecular formula is C19H17FN2O2S. The maximum Gasteiger partial charge on any atom is 0.304 e. The molecule has 2 aromatic carbocycles. The van der Waals surface area contributed by atoms with E-state index in [0.29, 0.717) is 5.56 Å². The highest BCUT2D eigenvalue weighted by atomic mass is 32.1. The fourth-order valence-corrected chi connectivity index (χ4v) is 4.50. The number of rotatable bonds is 2. The van der Waals surface area contributed by atoms with Crippen molar-refractivity contribution in [3.05, 3.63) is 57.9 Å². The van der Waals surface area contributed by atoms with Crippen molar-refractivity contribution in [3.8, 4) is 11.1 Å². The maximum absolute atomic E-state index is 14.0. The molecule has 1 heterocycles. The third-order valence-corrected chi connectivity index (χ3v) is 5.90. The van der Waals surface area contributed by atoms with Crippen LogP contribution in [0, 0.1) is 15.9 Å². The van der Waals surface area contributed by atoms with Crippen LogP contribution in [0.3, 0.4) is 0 Å². The third-order valence-electron chi connectivity index (χ3n) is 5.40. The molecule has 0 bridgehead atoms. The van der Waals surface area contributed by atoms with Crippen molar-refractivity contribution < 1.29 is 9.31 Å². The Balaban J connectivity index is 1.78. The van der Waals surface area contributed by atoms with E-state index >= 15 is 0 Å². The van der Waals surface area contributed by atoms with Crippen LogP contribution < -0.4 is 5.32 Å². The lowest BCUT2D eigenvalue weighted by Gasteiger charge is -2.33. The number of anilines is 1. The molecule has 0 aromatic heterocycles. The summed E-state index contributed by atoms with van der Waals surface area (Å²) in [4.78, 5) is 11.0. The largest absolute Gasteiger partial charge is 0.349 e. The average molecular weight is 356 g/mol. The Morgan fingerprint density at radius 3 is 2.44 bits per heavy atom. The summed E-state index contributed by atoms with van der Waals surface area (Å²) in [6, 6.07) is 9.98. The summed E-state index contributed by atoms with van der Waals surface area (Å²) >= 11 is 5.64. The minimum atomic E-state index is -0.816. The van der Waals surface area contributed by atoms with Crippen molar-refractivity contribution >= 4 is 28.6 Å². The van der Waals surface area contributed by atoms with Crippen LogP contribution in [-0.4, -0.2) is 9.91 Å². The SMILES string of the molecule is O=[N+]([O-])c1ccc(-c2ccc3c(c2)C2(CCCCC2)C(=S)N3)cc1F. The summed E-state index contributed by atoms with van der Waals surface area (Å²) in [6.07, 6.45) is 5.59. The van der Waals surface area contributed by atoms with Gasteiger partial charge in [0, 0.05) is 17.2 Å². The van der Waals surface area contributed by atoms with Gasteiger partial charge >= 0.3 is 5.69 Å². The molecular weight excluding hydrogens is 339 g/mol. The zero-order valence-electron chi connectivity index (χ0n) is 13.5. The second-order valence-corrected chi connectivity index (χ2v) is 7.19. The first-order chi connectivity index (χ1) is 12.0. The van der Waals surface area contributed by atoms with Crippen LogP contribution in [0.25, 0.3) is 11.1 Å². The molecule has 0 radical (unpaired) electrons. The first-order valence-corrected chi connectivity index (χ1v) is 8.82. The lowest BCUT2D eigenvalue weighted by Crippen LogP contribution is -2.35. The minimum Gasteiger partial charge on any atom is -0.349 e. The van der Waals surface area contributed by atoms with Gasteiger partial charge in [0.2, 0.25) is 5.82 Å². The smallest absolute Gasteiger partial charge is 0.304 e. The topological polar surface area (TPSA) is 55.2 Å². The Bertz CT molecular complexity index is 891. The van der Waals surface area contributed by atoms with Gasteiger partial charge in [-0.15, -0.1) is 0 Å². The molecule has 2 aliphatic rings. The molecule has 0 unspecified atom stereocenters. The Hall–Kier alpha value is -2.34. The van der Waals surface area contributed by atoms with Crippen molar-refractivity contribution in [3.63, 3.8) is 0 Å². The number of hydrogen-bond donors (Lipinski definition) is 1. The third kappa shape index (κ3) is 2.52. The van der Waals surface area contributed by atoms with Gasteiger partial charge in [-0.1, -0.05) is 37.5 Å². The van der Waals surface area contributed by atoms with E-state index in [1.54, 1.807) is 6.07 Å². The monoisotopic (exact) mass is 356 g/mol. The van der Waals surface area contributed by atoms with Gasteiger partial charge in [-0.3, -0.25) is 10.1 Å². The number of nitro groups is 1. The molecule has 0 amide bonds. The van der Waals surface area contributed by atoms with Crippen LogP contribution in [0.2, 0.25) is 0 Å². The Labute approximate surface area is 150 Å². The molecule has 128 valence electrons. The van der Waals surface area contributed by atoms with Crippen molar-refractivity contribution in [1.82, 2.24) is 0 Å². The molecule has 4 nitrogen and oxygen atoms in total. The maximum atomic E-state index is 14.0. The molecule has 1 aliphatic carbocycles. The van der Waals surface area contributed by atoms with Crippen molar-refractivity contribution in [2.45, 2.75) is 37.5 Å². The molecule has 4 rings (SSSR count). The second-order valence-electron chi connectivity index (χ2n) is 6.78. The van der Waals surface area contributed by atoms with Gasteiger partial charge < -0.3 is 5.32 Å². The van der Waals surface area contributed by atoms with E-state index in [-0.39, 0.29) is 5.41 Å². The van der Waals surface area contributed by atoms with Crippen molar-refractivity contribution in [2.75, 3.05) is 5.32 Å². The van der Waals surface area contributed by atoms with Gasteiger partial charge in [0.25, 0.3) is 0 Å². The van der Waals surface area contributed by atoms with Gasteiger partial charge in [-0.25, -0.2) is 0 Å². The van der Waals surface area contributed by atoms with Crippen LogP contribution in [0.4, 0.5) is 15.8 Å². The fourth-order valence-electron chi connectivity index (χ4n) is 4.08. The lowest BCUT2D eigenvalue weighted by atomic mass is 9.70. The quantitative estimate of drug-likeness (QED) is 0.447. The van der Waals surface area contributed by atoms with E-state index in [1.807, 2.05) is 12.1 Å². The Kier molecular flexibility index (Phi) is 3.80. The normalized spacial score (nSPS) is 18.0. The Morgan fingerprint density at radius 1 is 1.08 bits per heavy atom. The van der Waals surface area contributed by atoms with Gasteiger partial charge in [0.15, 0.2) is 0 Å². The standard InChI is InChI=1S/C19H17FN2O2S/c20-15-11-13(5-7-17(15)22(23)24)12-4-6-16-14(10-12)19(18(25)21-16)8-2-1-3-9-19/h4-7,10-11H,1-3,8-9H2,(H,21,25). The predicted molar refractivity (Wildman–Crippen MR) is 99.5 cm³/mol. The number of hydrogen-bond acceptors (Lipinski definition) is 3. The average Bonchev–Trinajstić information content (AvgIpc) is 2.86. The van der Waals surface area contributed by atoms with Gasteiger partial charge in [0.05, 0.1) is 9.91 Å². The second kappa shape index (κ2) is 5.88. The molecule has 6 heteroatoms. The lowest BCUT2D eigenvalue weighted by molar-refractivity contribution is -0.387. The number of halogens is 1. The highest BCUT2D eigenvalue weighted by molar-refractivity contribution is 7.80. The summed E-state index contributed by atoms with van der Waals surface area (Å²) in [6.45, 7) is 0. The first kappa shape index (κ1) is 16.1. The minimum absolute atomic E-state index is 0.113. The molecule has 2 aromatic rings. The van der Waals surface area contributed by atoms with Gasteiger partial charge in [-0.05, 0) is 53.8 Å². The molecule has 1 aliphatic heterocycles. The molecule has 1 N–H and O–H groups in total. The van der Waals surface area contributed by atoms with E-state index in [4.69, 9.17) is 12.2 Å². The van der Waals surface area contributed by atoms with E-state index in [0.717, 1.165) is 41.9 Å². The summed E-state index contributed by atoms with van der Waals surface area (Å²) in [5.74, 6) is -0.816. The summed E-state index contributed by atoms with van der Waals surface area (Å²) in [7, 11) is 0. The van der Waals surface area contributed by atoms with Crippen LogP contribution in [0.5, 0.6) is 0 Å². The highest BCUT2D eigenvalue weighted by Gasteiger charge is 2.44. The van der Waals surface area contributed by atoms with E-state index in [2.05, 4.69) is 11.4 Å². The fraction of sp³-hybridized carbons (Fsp3) is 0.316. The van der Waals surface area contributed by atoms with E-state index in [9.17, 15) is 14.5 Å². The van der Waals surface area contributed by atoms with Crippen molar-refractivity contribution in [2.24, 2.45) is 0 Å². The summed E-state index contributed by atoms with van der Waals surface area (Å²) in [5.41, 5.74) is 3.07. The van der Waals surface area contributed by atoms with Crippen LogP contribution in [-0.2, 0) is 5.41 Å². The number of thiocarbonyl (C=S) groups is 1. The number of nitrogens with zero attached hydrogens (tertiary/aromatic N) is 1. The molecule has 1 fully saturated rings. The highest BCUT2D eigenvalue weighted by Crippen LogP contribution is 2.49. The number of nitrogens with one attached hydrogen (secondary N) is 1. The first-order valence-electron chi connectivity index (χ1n) is 8.42. The number of benzene rings is 2.